The van der Waals surface area contributed by atoms with Gasteiger partial charge in [0, 0.05) is 25.6 Å². The largest absolute Gasteiger partial charge is 0.285 e. The van der Waals surface area contributed by atoms with Crippen LogP contribution in [0.2, 0.25) is 0 Å². The molecule has 2 unspecified atom stereocenters. The monoisotopic (exact) mass is 236 g/mol. The van der Waals surface area contributed by atoms with Gasteiger partial charge in [-0.3, -0.25) is 9.80 Å². The van der Waals surface area contributed by atoms with E-state index in [-0.39, 0.29) is 0 Å². The lowest BCUT2D eigenvalue weighted by atomic mass is 9.70. The molecule has 3 aliphatic rings. The Kier molecular flexibility index (Phi) is 3.45. The van der Waals surface area contributed by atoms with E-state index in [1.165, 1.54) is 77.5 Å². The summed E-state index contributed by atoms with van der Waals surface area (Å²) in [6.07, 6.45) is 11.5. The van der Waals surface area contributed by atoms with Gasteiger partial charge in [0.15, 0.2) is 0 Å². The first-order valence-electron chi connectivity index (χ1n) is 7.88. The zero-order valence-electron chi connectivity index (χ0n) is 11.5. The van der Waals surface area contributed by atoms with Crippen molar-refractivity contribution in [2.45, 2.75) is 64.0 Å². The van der Waals surface area contributed by atoms with Gasteiger partial charge in [-0.05, 0) is 38.6 Å². The third kappa shape index (κ3) is 1.84. The summed E-state index contributed by atoms with van der Waals surface area (Å²) in [4.78, 5) is 5.66. The fraction of sp³-hybridized carbons (Fsp3) is 1.00. The molecule has 3 aliphatic heterocycles. The van der Waals surface area contributed by atoms with Gasteiger partial charge in [-0.1, -0.05) is 26.2 Å². The quantitative estimate of drug-likeness (QED) is 0.692. The maximum atomic E-state index is 2.85. The molecule has 2 atom stereocenters. The Hall–Kier alpha value is -0.0800. The molecule has 0 saturated carbocycles. The zero-order chi connectivity index (χ0) is 11.7. The lowest BCUT2D eigenvalue weighted by molar-refractivity contribution is -0.224. The lowest BCUT2D eigenvalue weighted by Crippen LogP contribution is -2.78. The van der Waals surface area contributed by atoms with E-state index < -0.39 is 0 Å². The molecular weight excluding hydrogens is 208 g/mol. The van der Waals surface area contributed by atoms with E-state index in [2.05, 4.69) is 16.7 Å². The van der Waals surface area contributed by atoms with E-state index in [4.69, 9.17) is 0 Å². The Labute approximate surface area is 106 Å². The van der Waals surface area contributed by atoms with Crippen LogP contribution in [0.1, 0.15) is 58.3 Å². The van der Waals surface area contributed by atoms with E-state index in [9.17, 15) is 0 Å². The van der Waals surface area contributed by atoms with Crippen LogP contribution in [0.5, 0.6) is 0 Å². The number of hydrogen-bond acceptors (Lipinski definition) is 2. The fourth-order valence-corrected chi connectivity index (χ4v) is 4.58. The van der Waals surface area contributed by atoms with Crippen molar-refractivity contribution in [2.75, 3.05) is 26.2 Å². The molecule has 1 spiro atoms. The van der Waals surface area contributed by atoms with Gasteiger partial charge in [0.2, 0.25) is 0 Å². The van der Waals surface area contributed by atoms with Crippen molar-refractivity contribution in [2.24, 2.45) is 5.92 Å². The zero-order valence-corrected chi connectivity index (χ0v) is 11.5. The number of rotatable bonds is 4. The van der Waals surface area contributed by atoms with Gasteiger partial charge in [-0.15, -0.1) is 0 Å². The minimum absolute atomic E-state index is 0.546. The molecule has 0 bridgehead atoms. The topological polar surface area (TPSA) is 6.48 Å². The van der Waals surface area contributed by atoms with Crippen molar-refractivity contribution in [3.05, 3.63) is 0 Å². The van der Waals surface area contributed by atoms with Crippen LogP contribution >= 0.6 is 0 Å². The van der Waals surface area contributed by atoms with Crippen LogP contribution in [0.15, 0.2) is 0 Å². The van der Waals surface area contributed by atoms with Crippen LogP contribution in [0, 0.1) is 5.92 Å². The van der Waals surface area contributed by atoms with Crippen molar-refractivity contribution < 1.29 is 0 Å². The number of piperidine rings is 1. The SMILES string of the molecule is CCCCCC1CN2CCCN3CCCCC132. The molecule has 2 nitrogen and oxygen atoms in total. The highest BCUT2D eigenvalue weighted by Gasteiger charge is 2.57. The van der Waals surface area contributed by atoms with Gasteiger partial charge in [0.05, 0.1) is 5.66 Å². The fourth-order valence-electron chi connectivity index (χ4n) is 4.58. The summed E-state index contributed by atoms with van der Waals surface area (Å²) in [6, 6.07) is 0. The molecular formula is C15H28N2. The summed E-state index contributed by atoms with van der Waals surface area (Å²) in [6.45, 7) is 7.85. The normalized spacial score (nSPS) is 38.3. The van der Waals surface area contributed by atoms with Crippen molar-refractivity contribution in [1.29, 1.82) is 0 Å². The standard InChI is InChI=1S/C15H28N2/c1-2-3-4-8-14-13-17-12-7-11-16-10-6-5-9-15(14,16)17/h14H,2-13H2,1H3. The molecule has 0 radical (unpaired) electrons. The smallest absolute Gasteiger partial charge is 0.0779 e. The minimum Gasteiger partial charge on any atom is -0.285 e. The van der Waals surface area contributed by atoms with Gasteiger partial charge in [-0.25, -0.2) is 0 Å². The van der Waals surface area contributed by atoms with Gasteiger partial charge >= 0.3 is 0 Å². The third-order valence-electron chi connectivity index (χ3n) is 5.42. The molecule has 3 heterocycles. The average molecular weight is 236 g/mol. The first-order valence-corrected chi connectivity index (χ1v) is 7.88. The average Bonchev–Trinajstić information content (AvgIpc) is 2.36. The van der Waals surface area contributed by atoms with Crippen LogP contribution < -0.4 is 0 Å². The van der Waals surface area contributed by atoms with E-state index in [1.54, 1.807) is 0 Å². The van der Waals surface area contributed by atoms with E-state index in [1.807, 2.05) is 0 Å². The van der Waals surface area contributed by atoms with Crippen molar-refractivity contribution in [3.8, 4) is 0 Å². The Bertz CT molecular complexity index is 264. The molecule has 98 valence electrons. The molecule has 0 N–H and O–H groups in total. The minimum atomic E-state index is 0.546. The van der Waals surface area contributed by atoms with Crippen molar-refractivity contribution in [3.63, 3.8) is 0 Å². The summed E-state index contributed by atoms with van der Waals surface area (Å²) < 4.78 is 0. The number of unbranched alkanes of at least 4 members (excludes halogenated alkanes) is 2. The van der Waals surface area contributed by atoms with E-state index in [0.717, 1.165) is 5.92 Å². The molecule has 0 aliphatic carbocycles. The number of nitrogens with zero attached hydrogens (tertiary/aromatic N) is 2. The van der Waals surface area contributed by atoms with Gasteiger partial charge < -0.3 is 0 Å². The Morgan fingerprint density at radius 2 is 1.82 bits per heavy atom. The second kappa shape index (κ2) is 4.89. The maximum Gasteiger partial charge on any atom is 0.0779 e. The van der Waals surface area contributed by atoms with Crippen LogP contribution in [0.25, 0.3) is 0 Å². The van der Waals surface area contributed by atoms with Crippen LogP contribution in [-0.4, -0.2) is 41.6 Å². The van der Waals surface area contributed by atoms with Gasteiger partial charge in [0.1, 0.15) is 0 Å². The second-order valence-corrected chi connectivity index (χ2v) is 6.31. The molecule has 0 aromatic carbocycles. The van der Waals surface area contributed by atoms with Crippen molar-refractivity contribution >= 4 is 0 Å². The first-order chi connectivity index (χ1) is 8.38. The molecule has 0 aromatic heterocycles. The van der Waals surface area contributed by atoms with Crippen LogP contribution in [0.4, 0.5) is 0 Å². The van der Waals surface area contributed by atoms with Gasteiger partial charge in [0.25, 0.3) is 0 Å². The summed E-state index contributed by atoms with van der Waals surface area (Å²) in [5.41, 5.74) is 0.546. The molecule has 2 heteroatoms. The van der Waals surface area contributed by atoms with E-state index in [0.29, 0.717) is 5.66 Å². The molecule has 17 heavy (non-hydrogen) atoms. The second-order valence-electron chi connectivity index (χ2n) is 6.31. The summed E-state index contributed by atoms with van der Waals surface area (Å²) in [5.74, 6) is 0.995. The highest BCUT2D eigenvalue weighted by molar-refractivity contribution is 5.08. The lowest BCUT2D eigenvalue weighted by Gasteiger charge is -2.68. The maximum absolute atomic E-state index is 2.85. The number of hydrogen-bond donors (Lipinski definition) is 0. The van der Waals surface area contributed by atoms with E-state index >= 15 is 0 Å². The predicted molar refractivity (Wildman–Crippen MR) is 72.0 cm³/mol. The van der Waals surface area contributed by atoms with Crippen LogP contribution in [0.3, 0.4) is 0 Å². The Morgan fingerprint density at radius 1 is 1.00 bits per heavy atom. The molecule has 3 fully saturated rings. The summed E-state index contributed by atoms with van der Waals surface area (Å²) >= 11 is 0. The van der Waals surface area contributed by atoms with Crippen molar-refractivity contribution in [1.82, 2.24) is 9.80 Å². The van der Waals surface area contributed by atoms with Crippen LogP contribution in [-0.2, 0) is 0 Å². The first kappa shape index (κ1) is 12.0. The molecule has 0 amide bonds. The third-order valence-corrected chi connectivity index (χ3v) is 5.42. The van der Waals surface area contributed by atoms with Gasteiger partial charge in [-0.2, -0.15) is 0 Å². The molecule has 3 rings (SSSR count). The Morgan fingerprint density at radius 3 is 2.71 bits per heavy atom. The molecule has 3 saturated heterocycles. The predicted octanol–water partition coefficient (Wildman–Crippen LogP) is 3.08. The Balaban J connectivity index is 1.66. The summed E-state index contributed by atoms with van der Waals surface area (Å²) in [5, 5.41) is 0. The summed E-state index contributed by atoms with van der Waals surface area (Å²) in [7, 11) is 0. The highest BCUT2D eigenvalue weighted by atomic mass is 15.5. The molecule has 0 aromatic rings. The highest BCUT2D eigenvalue weighted by Crippen LogP contribution is 2.49.